The summed E-state index contributed by atoms with van der Waals surface area (Å²) in [7, 11) is 1.59. The van der Waals surface area contributed by atoms with Crippen LogP contribution in [0.1, 0.15) is 12.5 Å². The van der Waals surface area contributed by atoms with Gasteiger partial charge in [-0.25, -0.2) is 14.5 Å². The lowest BCUT2D eigenvalue weighted by molar-refractivity contribution is -0.119. The summed E-state index contributed by atoms with van der Waals surface area (Å²) in [5.74, 6) is 0.493. The molecule has 0 unspecified atom stereocenters. The van der Waals surface area contributed by atoms with Crippen molar-refractivity contribution in [2.75, 3.05) is 19.5 Å². The Kier molecular flexibility index (Phi) is 6.43. The maximum absolute atomic E-state index is 13.2. The number of pyridine rings is 1. The van der Waals surface area contributed by atoms with Crippen molar-refractivity contribution >= 4 is 28.6 Å². The molecule has 28 heavy (non-hydrogen) atoms. The van der Waals surface area contributed by atoms with Crippen molar-refractivity contribution in [2.24, 2.45) is 0 Å². The molecule has 0 bridgehead atoms. The normalized spacial score (nSPS) is 12.1. The zero-order chi connectivity index (χ0) is 20.1. The molecule has 2 heterocycles. The molecule has 3 rings (SSSR count). The number of carbonyl (C=O) groups excluding carboxylic acids is 1. The van der Waals surface area contributed by atoms with Gasteiger partial charge in [-0.3, -0.25) is 9.59 Å². The molecule has 0 saturated carbocycles. The van der Waals surface area contributed by atoms with Gasteiger partial charge in [-0.15, -0.1) is 0 Å². The largest absolute Gasteiger partial charge is 0.383 e. The lowest BCUT2D eigenvalue weighted by Gasteiger charge is -2.15. The van der Waals surface area contributed by atoms with E-state index >= 15 is 0 Å². The lowest BCUT2D eigenvalue weighted by atomic mass is 10.2. The van der Waals surface area contributed by atoms with Gasteiger partial charge in [0.1, 0.15) is 5.82 Å². The molecule has 0 saturated heterocycles. The number of fused-ring (bicyclic) bond motifs is 1. The Morgan fingerprint density at radius 3 is 2.82 bits per heavy atom. The predicted octanol–water partition coefficient (Wildman–Crippen LogP) is 2.33. The molecule has 3 aromatic rings. The molecule has 0 spiro atoms. The van der Waals surface area contributed by atoms with Crippen molar-refractivity contribution < 1.29 is 9.53 Å². The van der Waals surface area contributed by atoms with Gasteiger partial charge < -0.3 is 10.1 Å². The lowest BCUT2D eigenvalue weighted by Crippen LogP contribution is -2.36. The van der Waals surface area contributed by atoms with Crippen LogP contribution in [-0.2, 0) is 9.53 Å². The third-order valence-corrected chi connectivity index (χ3v) is 5.03. The van der Waals surface area contributed by atoms with Crippen molar-refractivity contribution in [3.8, 4) is 5.82 Å². The number of aryl methyl sites for hydroxylation is 1. The Balaban J connectivity index is 1.99. The number of nitrogens with one attached hydrogen (secondary N) is 1. The number of hydrogen-bond donors (Lipinski definition) is 1. The molecule has 7 nitrogen and oxygen atoms in total. The van der Waals surface area contributed by atoms with E-state index in [0.717, 1.165) is 5.56 Å². The van der Waals surface area contributed by atoms with Crippen molar-refractivity contribution in [1.82, 2.24) is 19.9 Å². The van der Waals surface area contributed by atoms with Gasteiger partial charge in [0.25, 0.3) is 5.56 Å². The van der Waals surface area contributed by atoms with Gasteiger partial charge in [-0.05, 0) is 37.6 Å². The molecule has 2 aromatic heterocycles. The number of methoxy groups -OCH3 is 1. The number of thioether (sulfide) groups is 1. The molecule has 0 aliphatic heterocycles. The van der Waals surface area contributed by atoms with E-state index in [2.05, 4.69) is 15.3 Å². The first-order valence-corrected chi connectivity index (χ1v) is 9.84. The van der Waals surface area contributed by atoms with Gasteiger partial charge in [-0.2, -0.15) is 0 Å². The summed E-state index contributed by atoms with van der Waals surface area (Å²) in [5, 5.41) is 3.80. The first-order chi connectivity index (χ1) is 13.5. The smallest absolute Gasteiger partial charge is 0.267 e. The van der Waals surface area contributed by atoms with Crippen molar-refractivity contribution in [3.63, 3.8) is 0 Å². The Morgan fingerprint density at radius 2 is 2.07 bits per heavy atom. The average molecular weight is 398 g/mol. The summed E-state index contributed by atoms with van der Waals surface area (Å²) in [5.41, 5.74) is 1.23. The predicted molar refractivity (Wildman–Crippen MR) is 110 cm³/mol. The van der Waals surface area contributed by atoms with Crippen LogP contribution in [-0.4, -0.2) is 46.0 Å². The van der Waals surface area contributed by atoms with E-state index in [0.29, 0.717) is 28.5 Å². The molecule has 1 N–H and O–H groups in total. The molecule has 1 amide bonds. The first-order valence-electron chi connectivity index (χ1n) is 8.86. The Hall–Kier alpha value is -2.71. The number of rotatable bonds is 7. The molecule has 1 atom stereocenters. The van der Waals surface area contributed by atoms with Gasteiger partial charge in [0.15, 0.2) is 5.16 Å². The first kappa shape index (κ1) is 20.0. The van der Waals surface area contributed by atoms with E-state index < -0.39 is 0 Å². The zero-order valence-electron chi connectivity index (χ0n) is 16.0. The van der Waals surface area contributed by atoms with Crippen molar-refractivity contribution in [2.45, 2.75) is 25.0 Å². The number of para-hydroxylation sites is 1. The number of ether oxygens (including phenoxy) is 1. The molecule has 0 fully saturated rings. The van der Waals surface area contributed by atoms with Crippen LogP contribution in [0.2, 0.25) is 0 Å². The quantitative estimate of drug-likeness (QED) is 0.486. The highest BCUT2D eigenvalue weighted by Gasteiger charge is 2.17. The molecular formula is C20H22N4O3S. The Bertz CT molecular complexity index is 1050. The zero-order valence-corrected chi connectivity index (χ0v) is 16.8. The standard InChI is InChI=1S/C20H22N4O3S/c1-13-7-6-10-21-18(13)24-19(26)15-8-4-5-9-16(15)23-20(24)28-12-17(25)22-14(2)11-27-3/h4-10,14H,11-12H2,1-3H3,(H,22,25)/t14-/m0/s1. The Labute approximate surface area is 167 Å². The van der Waals surface area contributed by atoms with Crippen molar-refractivity contribution in [1.29, 1.82) is 0 Å². The second kappa shape index (κ2) is 8.99. The van der Waals surface area contributed by atoms with Crippen LogP contribution in [0, 0.1) is 6.92 Å². The van der Waals surface area contributed by atoms with Crippen LogP contribution in [0.15, 0.2) is 52.5 Å². The molecule has 1 aromatic carbocycles. The van der Waals surface area contributed by atoms with Gasteiger partial charge in [0.2, 0.25) is 5.91 Å². The minimum Gasteiger partial charge on any atom is -0.383 e. The van der Waals surface area contributed by atoms with Crippen LogP contribution in [0.3, 0.4) is 0 Å². The second-order valence-electron chi connectivity index (χ2n) is 6.41. The third-order valence-electron chi connectivity index (χ3n) is 4.09. The molecule has 0 aliphatic carbocycles. The molecule has 0 aliphatic rings. The number of nitrogens with zero attached hydrogens (tertiary/aromatic N) is 3. The summed E-state index contributed by atoms with van der Waals surface area (Å²) >= 11 is 1.21. The average Bonchev–Trinajstić information content (AvgIpc) is 2.67. The Morgan fingerprint density at radius 1 is 1.29 bits per heavy atom. The van der Waals surface area contributed by atoms with E-state index in [1.165, 1.54) is 16.3 Å². The second-order valence-corrected chi connectivity index (χ2v) is 7.35. The number of amides is 1. The van der Waals surface area contributed by atoms with Gasteiger partial charge in [0, 0.05) is 19.3 Å². The van der Waals surface area contributed by atoms with Crippen LogP contribution in [0.25, 0.3) is 16.7 Å². The molecular weight excluding hydrogens is 376 g/mol. The fourth-order valence-electron chi connectivity index (χ4n) is 2.85. The minimum atomic E-state index is -0.206. The summed E-state index contributed by atoms with van der Waals surface area (Å²) < 4.78 is 6.51. The van der Waals surface area contributed by atoms with E-state index in [1.54, 1.807) is 31.5 Å². The fraction of sp³-hybridized carbons (Fsp3) is 0.300. The van der Waals surface area contributed by atoms with Gasteiger partial charge in [-0.1, -0.05) is 30.0 Å². The molecule has 146 valence electrons. The van der Waals surface area contributed by atoms with Crippen LogP contribution < -0.4 is 10.9 Å². The highest BCUT2D eigenvalue weighted by Crippen LogP contribution is 2.21. The number of hydrogen-bond acceptors (Lipinski definition) is 6. The molecule has 8 heteroatoms. The topological polar surface area (TPSA) is 86.1 Å². The fourth-order valence-corrected chi connectivity index (χ4v) is 3.65. The van der Waals surface area contributed by atoms with Crippen LogP contribution >= 0.6 is 11.8 Å². The monoisotopic (exact) mass is 398 g/mol. The SMILES string of the molecule is COC[C@H](C)NC(=O)CSc1nc2ccccc2c(=O)n1-c1ncccc1C. The highest BCUT2D eigenvalue weighted by atomic mass is 32.2. The number of carbonyl (C=O) groups is 1. The minimum absolute atomic E-state index is 0.0945. The van der Waals surface area contributed by atoms with Crippen LogP contribution in [0.4, 0.5) is 0 Å². The molecule has 0 radical (unpaired) electrons. The number of aromatic nitrogens is 3. The summed E-state index contributed by atoms with van der Waals surface area (Å²) in [6, 6.07) is 10.8. The summed E-state index contributed by atoms with van der Waals surface area (Å²) in [6.45, 7) is 4.19. The summed E-state index contributed by atoms with van der Waals surface area (Å²) in [6.07, 6.45) is 1.64. The third kappa shape index (κ3) is 4.40. The number of benzene rings is 1. The van der Waals surface area contributed by atoms with E-state index in [9.17, 15) is 9.59 Å². The van der Waals surface area contributed by atoms with Gasteiger partial charge in [0.05, 0.1) is 23.3 Å². The van der Waals surface area contributed by atoms with E-state index in [1.807, 2.05) is 32.0 Å². The maximum Gasteiger partial charge on any atom is 0.267 e. The van der Waals surface area contributed by atoms with Gasteiger partial charge >= 0.3 is 0 Å². The van der Waals surface area contributed by atoms with E-state index in [4.69, 9.17) is 4.74 Å². The van der Waals surface area contributed by atoms with Crippen LogP contribution in [0.5, 0.6) is 0 Å². The maximum atomic E-state index is 13.2. The highest BCUT2D eigenvalue weighted by molar-refractivity contribution is 7.99. The van der Waals surface area contributed by atoms with E-state index in [-0.39, 0.29) is 23.3 Å². The summed E-state index contributed by atoms with van der Waals surface area (Å²) in [4.78, 5) is 34.4. The van der Waals surface area contributed by atoms with Crippen molar-refractivity contribution in [3.05, 3.63) is 58.5 Å².